The van der Waals surface area contributed by atoms with E-state index in [2.05, 4.69) is 15.1 Å². The van der Waals surface area contributed by atoms with Gasteiger partial charge >= 0.3 is 0 Å². The Kier molecular flexibility index (Phi) is 5.67. The van der Waals surface area contributed by atoms with Crippen molar-refractivity contribution < 1.29 is 17.9 Å². The SMILES string of the molecule is NN=C(C=Nc1ccc(F)c(C(F)F)c1)COc1ccccn1. The number of nitrogens with zero attached hydrogens (tertiary/aromatic N) is 3. The fourth-order valence-corrected chi connectivity index (χ4v) is 1.62. The predicted octanol–water partition coefficient (Wildman–Crippen LogP) is 3.25. The number of nitrogens with two attached hydrogens (primary N) is 1. The number of benzene rings is 1. The molecule has 0 saturated carbocycles. The van der Waals surface area contributed by atoms with E-state index in [1.54, 1.807) is 24.4 Å². The lowest BCUT2D eigenvalue weighted by Gasteiger charge is -2.04. The van der Waals surface area contributed by atoms with Gasteiger partial charge in [-0.05, 0) is 24.3 Å². The molecule has 2 aromatic rings. The molecule has 0 fully saturated rings. The molecule has 0 radical (unpaired) electrons. The summed E-state index contributed by atoms with van der Waals surface area (Å²) in [5, 5.41) is 3.49. The van der Waals surface area contributed by atoms with Crippen LogP contribution in [0.15, 0.2) is 52.7 Å². The summed E-state index contributed by atoms with van der Waals surface area (Å²) in [5.74, 6) is 4.62. The fraction of sp³-hybridized carbons (Fsp3) is 0.133. The highest BCUT2D eigenvalue weighted by Crippen LogP contribution is 2.26. The molecule has 1 aromatic heterocycles. The normalized spacial score (nSPS) is 12.1. The number of aromatic nitrogens is 1. The quantitative estimate of drug-likeness (QED) is 0.504. The molecule has 0 amide bonds. The number of pyridine rings is 1. The van der Waals surface area contributed by atoms with Crippen molar-refractivity contribution in [3.63, 3.8) is 0 Å². The van der Waals surface area contributed by atoms with Crippen molar-refractivity contribution in [3.8, 4) is 5.88 Å². The maximum Gasteiger partial charge on any atom is 0.266 e. The lowest BCUT2D eigenvalue weighted by Crippen LogP contribution is -2.15. The van der Waals surface area contributed by atoms with Crippen molar-refractivity contribution >= 4 is 17.6 Å². The molecule has 0 aliphatic rings. The van der Waals surface area contributed by atoms with E-state index < -0.39 is 17.8 Å². The van der Waals surface area contributed by atoms with Crippen molar-refractivity contribution in [1.29, 1.82) is 0 Å². The molecular weight excluding hydrogens is 309 g/mol. The topological polar surface area (TPSA) is 72.9 Å². The van der Waals surface area contributed by atoms with Crippen LogP contribution >= 0.6 is 0 Å². The molecule has 1 aromatic carbocycles. The lowest BCUT2D eigenvalue weighted by molar-refractivity contribution is 0.146. The van der Waals surface area contributed by atoms with Crippen molar-refractivity contribution in [2.45, 2.75) is 6.43 Å². The van der Waals surface area contributed by atoms with Gasteiger partial charge in [0.15, 0.2) is 0 Å². The summed E-state index contributed by atoms with van der Waals surface area (Å²) in [6.45, 7) is -0.0000869. The zero-order chi connectivity index (χ0) is 16.7. The number of hydrogen-bond donors (Lipinski definition) is 1. The molecule has 8 heteroatoms. The molecular formula is C15H13F3N4O. The van der Waals surface area contributed by atoms with Crippen molar-refractivity contribution in [2.75, 3.05) is 6.61 Å². The Hall–Kier alpha value is -2.90. The van der Waals surface area contributed by atoms with Crippen LogP contribution in [0, 0.1) is 5.82 Å². The molecule has 0 aliphatic carbocycles. The summed E-state index contributed by atoms with van der Waals surface area (Å²) in [5.41, 5.74) is -0.296. The monoisotopic (exact) mass is 322 g/mol. The molecule has 0 aliphatic heterocycles. The summed E-state index contributed by atoms with van der Waals surface area (Å²) in [6, 6.07) is 8.30. The summed E-state index contributed by atoms with van der Waals surface area (Å²) < 4.78 is 43.8. The Balaban J connectivity index is 2.04. The van der Waals surface area contributed by atoms with E-state index in [0.29, 0.717) is 5.88 Å². The van der Waals surface area contributed by atoms with Gasteiger partial charge in [-0.15, -0.1) is 0 Å². The highest BCUT2D eigenvalue weighted by atomic mass is 19.3. The van der Waals surface area contributed by atoms with Crippen LogP contribution in [-0.4, -0.2) is 23.5 Å². The second kappa shape index (κ2) is 7.92. The van der Waals surface area contributed by atoms with Gasteiger partial charge in [0.25, 0.3) is 6.43 Å². The van der Waals surface area contributed by atoms with Crippen LogP contribution in [0.5, 0.6) is 5.88 Å². The molecule has 0 bridgehead atoms. The fourth-order valence-electron chi connectivity index (χ4n) is 1.62. The number of rotatable bonds is 6. The molecule has 0 unspecified atom stereocenters. The number of aliphatic imine (C=N–C) groups is 1. The number of hydrazone groups is 1. The van der Waals surface area contributed by atoms with Gasteiger partial charge in [-0.25, -0.2) is 18.2 Å². The van der Waals surface area contributed by atoms with E-state index >= 15 is 0 Å². The Morgan fingerprint density at radius 3 is 2.78 bits per heavy atom. The smallest absolute Gasteiger partial charge is 0.266 e. The van der Waals surface area contributed by atoms with Crippen LogP contribution in [0.2, 0.25) is 0 Å². The maximum atomic E-state index is 13.2. The average Bonchev–Trinajstić information content (AvgIpc) is 2.57. The number of halogens is 3. The highest BCUT2D eigenvalue weighted by molar-refractivity contribution is 6.31. The van der Waals surface area contributed by atoms with Gasteiger partial charge in [-0.3, -0.25) is 4.99 Å². The van der Waals surface area contributed by atoms with E-state index in [1.807, 2.05) is 0 Å². The van der Waals surface area contributed by atoms with E-state index in [9.17, 15) is 13.2 Å². The molecule has 2 N–H and O–H groups in total. The summed E-state index contributed by atoms with van der Waals surface area (Å²) in [4.78, 5) is 7.89. The van der Waals surface area contributed by atoms with Crippen molar-refractivity contribution in [1.82, 2.24) is 4.98 Å². The third-order valence-electron chi connectivity index (χ3n) is 2.75. The predicted molar refractivity (Wildman–Crippen MR) is 80.9 cm³/mol. The standard InChI is InChI=1S/C15H13F3N4O/c16-13-5-4-10(7-12(13)15(17)18)21-8-11(22-19)9-23-14-3-1-2-6-20-14/h1-8,15H,9,19H2. The molecule has 23 heavy (non-hydrogen) atoms. The Bertz CT molecular complexity index is 705. The minimum absolute atomic E-state index is 0.0000869. The van der Waals surface area contributed by atoms with Gasteiger partial charge in [0.1, 0.15) is 18.1 Å². The first-order chi connectivity index (χ1) is 11.1. The Morgan fingerprint density at radius 2 is 2.13 bits per heavy atom. The summed E-state index contributed by atoms with van der Waals surface area (Å²) >= 11 is 0. The second-order valence-electron chi connectivity index (χ2n) is 4.34. The highest BCUT2D eigenvalue weighted by Gasteiger charge is 2.13. The van der Waals surface area contributed by atoms with Gasteiger partial charge in [0.2, 0.25) is 5.88 Å². The third kappa shape index (κ3) is 4.80. The second-order valence-corrected chi connectivity index (χ2v) is 4.34. The first-order valence-corrected chi connectivity index (χ1v) is 6.52. The lowest BCUT2D eigenvalue weighted by atomic mass is 10.2. The van der Waals surface area contributed by atoms with Crippen LogP contribution in [0.25, 0.3) is 0 Å². The molecule has 0 atom stereocenters. The minimum atomic E-state index is -2.92. The average molecular weight is 322 g/mol. The maximum absolute atomic E-state index is 13.2. The van der Waals surface area contributed by atoms with Gasteiger partial charge in [0, 0.05) is 12.3 Å². The third-order valence-corrected chi connectivity index (χ3v) is 2.75. The van der Waals surface area contributed by atoms with Gasteiger partial charge < -0.3 is 10.6 Å². The molecule has 5 nitrogen and oxygen atoms in total. The van der Waals surface area contributed by atoms with Crippen LogP contribution in [0.4, 0.5) is 18.9 Å². The minimum Gasteiger partial charge on any atom is -0.471 e. The van der Waals surface area contributed by atoms with Gasteiger partial charge in [-0.1, -0.05) is 6.07 Å². The number of ether oxygens (including phenoxy) is 1. The van der Waals surface area contributed by atoms with Crippen LogP contribution in [0.3, 0.4) is 0 Å². The first-order valence-electron chi connectivity index (χ1n) is 6.52. The molecule has 1 heterocycles. The summed E-state index contributed by atoms with van der Waals surface area (Å²) in [7, 11) is 0. The summed E-state index contributed by atoms with van der Waals surface area (Å²) in [6.07, 6.45) is -0.0985. The van der Waals surface area contributed by atoms with E-state index in [0.717, 1.165) is 12.1 Å². The Morgan fingerprint density at radius 1 is 1.30 bits per heavy atom. The van der Waals surface area contributed by atoms with E-state index in [1.165, 1.54) is 12.3 Å². The van der Waals surface area contributed by atoms with Crippen molar-refractivity contribution in [3.05, 3.63) is 54.0 Å². The van der Waals surface area contributed by atoms with E-state index in [-0.39, 0.29) is 18.0 Å². The van der Waals surface area contributed by atoms with Crippen LogP contribution in [-0.2, 0) is 0 Å². The molecule has 120 valence electrons. The zero-order valence-corrected chi connectivity index (χ0v) is 11.9. The van der Waals surface area contributed by atoms with Crippen LogP contribution < -0.4 is 10.6 Å². The molecule has 0 saturated heterocycles. The Labute approximate surface area is 130 Å². The van der Waals surface area contributed by atoms with Gasteiger partial charge in [-0.2, -0.15) is 5.10 Å². The number of hydrogen-bond acceptors (Lipinski definition) is 5. The zero-order valence-electron chi connectivity index (χ0n) is 11.9. The van der Waals surface area contributed by atoms with E-state index in [4.69, 9.17) is 10.6 Å². The van der Waals surface area contributed by atoms with Crippen LogP contribution in [0.1, 0.15) is 12.0 Å². The largest absolute Gasteiger partial charge is 0.471 e. The molecule has 2 rings (SSSR count). The number of alkyl halides is 2. The molecule has 0 spiro atoms. The van der Waals surface area contributed by atoms with Gasteiger partial charge in [0.05, 0.1) is 17.5 Å². The van der Waals surface area contributed by atoms with Crippen molar-refractivity contribution in [2.24, 2.45) is 15.9 Å². The first kappa shape index (κ1) is 16.5.